The minimum Gasteiger partial charge on any atom is -0.342 e. The van der Waals surface area contributed by atoms with E-state index in [2.05, 4.69) is 25.3 Å². The molecule has 1 amide bonds. The Morgan fingerprint density at radius 2 is 1.81 bits per heavy atom. The van der Waals surface area contributed by atoms with Crippen LogP contribution in [0.5, 0.6) is 0 Å². The van der Waals surface area contributed by atoms with Crippen LogP contribution >= 0.6 is 11.8 Å². The SMILES string of the molecule is CC(C)(NC(=O)c1cc(=O)[nH]c(-c2ncccn2)n1)c1ccc(SC(F)(F)F)c(F)c1. The number of halogens is 4. The summed E-state index contributed by atoms with van der Waals surface area (Å²) in [5.74, 6) is -1.73. The Balaban J connectivity index is 1.85. The first-order valence-electron chi connectivity index (χ1n) is 8.72. The van der Waals surface area contributed by atoms with Crippen LogP contribution in [0.15, 0.2) is 52.4 Å². The summed E-state index contributed by atoms with van der Waals surface area (Å²) in [5.41, 5.74) is -6.43. The number of thioether (sulfide) groups is 1. The number of nitrogens with zero attached hydrogens (tertiary/aromatic N) is 3. The van der Waals surface area contributed by atoms with Gasteiger partial charge in [0.2, 0.25) is 0 Å². The van der Waals surface area contributed by atoms with Gasteiger partial charge in [0, 0.05) is 18.5 Å². The number of carbonyl (C=O) groups is 1. The van der Waals surface area contributed by atoms with Gasteiger partial charge in [-0.2, -0.15) is 13.2 Å². The lowest BCUT2D eigenvalue weighted by atomic mass is 9.94. The molecule has 0 spiro atoms. The van der Waals surface area contributed by atoms with E-state index in [-0.39, 0.29) is 22.9 Å². The van der Waals surface area contributed by atoms with Crippen molar-refractivity contribution in [1.82, 2.24) is 25.3 Å². The van der Waals surface area contributed by atoms with E-state index in [9.17, 15) is 27.2 Å². The fraction of sp³-hybridized carbons (Fsp3) is 0.211. The van der Waals surface area contributed by atoms with Gasteiger partial charge in [-0.05, 0) is 49.4 Å². The monoisotopic (exact) mass is 453 g/mol. The molecule has 3 rings (SSSR count). The van der Waals surface area contributed by atoms with E-state index in [4.69, 9.17) is 0 Å². The average molecular weight is 453 g/mol. The predicted molar refractivity (Wildman–Crippen MR) is 105 cm³/mol. The lowest BCUT2D eigenvalue weighted by Crippen LogP contribution is -2.41. The van der Waals surface area contributed by atoms with Crippen LogP contribution in [0.2, 0.25) is 0 Å². The van der Waals surface area contributed by atoms with Gasteiger partial charge in [0.05, 0.1) is 10.4 Å². The second-order valence-corrected chi connectivity index (χ2v) is 7.93. The lowest BCUT2D eigenvalue weighted by Gasteiger charge is -2.27. The Kier molecular flexibility index (Phi) is 6.11. The summed E-state index contributed by atoms with van der Waals surface area (Å²) < 4.78 is 51.7. The van der Waals surface area contributed by atoms with Crippen molar-refractivity contribution < 1.29 is 22.4 Å². The van der Waals surface area contributed by atoms with E-state index in [0.717, 1.165) is 18.2 Å². The number of aromatic nitrogens is 4. The number of hydrogen-bond acceptors (Lipinski definition) is 6. The molecule has 0 unspecified atom stereocenters. The molecule has 0 aliphatic heterocycles. The van der Waals surface area contributed by atoms with Crippen molar-refractivity contribution in [3.63, 3.8) is 0 Å². The van der Waals surface area contributed by atoms with Crippen LogP contribution in [0.1, 0.15) is 29.9 Å². The maximum atomic E-state index is 14.2. The summed E-state index contributed by atoms with van der Waals surface area (Å²) in [7, 11) is 0. The Morgan fingerprint density at radius 3 is 2.42 bits per heavy atom. The van der Waals surface area contributed by atoms with E-state index < -0.39 is 45.0 Å². The molecule has 2 heterocycles. The standard InChI is InChI=1S/C19H15F4N5O2S/c1-18(2,10-4-5-13(11(20)8-10)31-19(21,22)23)28-17(30)12-9-14(29)27-16(26-12)15-24-6-3-7-25-15/h3-9H,1-2H3,(H,28,30)(H,26,27,29). The summed E-state index contributed by atoms with van der Waals surface area (Å²) in [6.45, 7) is 3.06. The average Bonchev–Trinajstić information content (AvgIpc) is 2.68. The number of aromatic amines is 1. The van der Waals surface area contributed by atoms with Crippen LogP contribution in [0, 0.1) is 5.82 Å². The van der Waals surface area contributed by atoms with Crippen LogP contribution in [-0.4, -0.2) is 31.4 Å². The normalized spacial score (nSPS) is 11.9. The second kappa shape index (κ2) is 8.46. The van der Waals surface area contributed by atoms with Gasteiger partial charge in [0.15, 0.2) is 11.6 Å². The van der Waals surface area contributed by atoms with Gasteiger partial charge in [0.1, 0.15) is 11.5 Å². The number of benzene rings is 1. The number of H-pyrrole nitrogens is 1. The summed E-state index contributed by atoms with van der Waals surface area (Å²) in [5, 5.41) is 2.60. The lowest BCUT2D eigenvalue weighted by molar-refractivity contribution is -0.0329. The molecule has 0 saturated carbocycles. The van der Waals surface area contributed by atoms with Crippen molar-refractivity contribution >= 4 is 17.7 Å². The molecule has 0 aliphatic carbocycles. The fourth-order valence-corrected chi connectivity index (χ4v) is 3.16. The van der Waals surface area contributed by atoms with Gasteiger partial charge in [-0.15, -0.1) is 0 Å². The first kappa shape index (κ1) is 22.4. The third-order valence-electron chi connectivity index (χ3n) is 4.06. The molecular weight excluding hydrogens is 438 g/mol. The molecule has 162 valence electrons. The minimum absolute atomic E-state index is 0.0179. The first-order valence-corrected chi connectivity index (χ1v) is 9.53. The third-order valence-corrected chi connectivity index (χ3v) is 4.84. The molecule has 3 aromatic rings. The van der Waals surface area contributed by atoms with Gasteiger partial charge in [0.25, 0.3) is 11.5 Å². The molecule has 1 aromatic carbocycles. The molecular formula is C19H15F4N5O2S. The Bertz CT molecular complexity index is 1170. The predicted octanol–water partition coefficient (Wildman–Crippen LogP) is 3.64. The molecule has 0 fully saturated rings. The molecule has 12 heteroatoms. The maximum Gasteiger partial charge on any atom is 0.446 e. The molecule has 2 N–H and O–H groups in total. The summed E-state index contributed by atoms with van der Waals surface area (Å²) in [6, 6.07) is 5.74. The van der Waals surface area contributed by atoms with Crippen molar-refractivity contribution in [2.45, 2.75) is 29.8 Å². The van der Waals surface area contributed by atoms with Crippen LogP contribution in [0.3, 0.4) is 0 Å². The number of amides is 1. The molecule has 0 saturated heterocycles. The van der Waals surface area contributed by atoms with Crippen molar-refractivity contribution in [2.75, 3.05) is 0 Å². The zero-order valence-electron chi connectivity index (χ0n) is 16.1. The van der Waals surface area contributed by atoms with E-state index in [0.29, 0.717) is 0 Å². The van der Waals surface area contributed by atoms with Crippen LogP contribution in [0.25, 0.3) is 11.6 Å². The molecule has 0 bridgehead atoms. The molecule has 7 nitrogen and oxygen atoms in total. The number of nitrogens with one attached hydrogen (secondary N) is 2. The van der Waals surface area contributed by atoms with Crippen LogP contribution in [0.4, 0.5) is 17.6 Å². The number of rotatable bonds is 5. The van der Waals surface area contributed by atoms with Gasteiger partial charge in [-0.1, -0.05) is 6.07 Å². The van der Waals surface area contributed by atoms with E-state index in [1.807, 2.05) is 0 Å². The molecule has 0 aliphatic rings. The Labute approximate surface area is 177 Å². The number of carbonyl (C=O) groups excluding carboxylic acids is 1. The van der Waals surface area contributed by atoms with Gasteiger partial charge >= 0.3 is 5.51 Å². The third kappa shape index (κ3) is 5.66. The van der Waals surface area contributed by atoms with Gasteiger partial charge in [-0.25, -0.2) is 19.3 Å². The van der Waals surface area contributed by atoms with E-state index in [1.54, 1.807) is 6.07 Å². The van der Waals surface area contributed by atoms with Crippen LogP contribution < -0.4 is 10.9 Å². The number of alkyl halides is 3. The quantitative estimate of drug-likeness (QED) is 0.452. The zero-order valence-corrected chi connectivity index (χ0v) is 16.9. The number of hydrogen-bond donors (Lipinski definition) is 2. The Morgan fingerprint density at radius 1 is 1.13 bits per heavy atom. The minimum atomic E-state index is -4.63. The van der Waals surface area contributed by atoms with Crippen molar-refractivity contribution in [2.24, 2.45) is 0 Å². The van der Waals surface area contributed by atoms with Crippen molar-refractivity contribution in [1.29, 1.82) is 0 Å². The van der Waals surface area contributed by atoms with Gasteiger partial charge < -0.3 is 10.3 Å². The van der Waals surface area contributed by atoms with Gasteiger partial charge in [-0.3, -0.25) is 9.59 Å². The van der Waals surface area contributed by atoms with E-state index in [1.165, 1.54) is 32.3 Å². The van der Waals surface area contributed by atoms with Crippen molar-refractivity contribution in [3.8, 4) is 11.6 Å². The summed E-state index contributed by atoms with van der Waals surface area (Å²) in [6.07, 6.45) is 2.88. The second-order valence-electron chi connectivity index (χ2n) is 6.82. The zero-order chi connectivity index (χ0) is 22.8. The highest BCUT2D eigenvalue weighted by atomic mass is 32.2. The largest absolute Gasteiger partial charge is 0.446 e. The van der Waals surface area contributed by atoms with Crippen molar-refractivity contribution in [3.05, 3.63) is 70.2 Å². The maximum absolute atomic E-state index is 14.2. The molecule has 0 atom stereocenters. The molecule has 2 aromatic heterocycles. The highest BCUT2D eigenvalue weighted by Gasteiger charge is 2.32. The highest BCUT2D eigenvalue weighted by molar-refractivity contribution is 8.00. The smallest absolute Gasteiger partial charge is 0.342 e. The first-order chi connectivity index (χ1) is 14.4. The van der Waals surface area contributed by atoms with Crippen LogP contribution in [-0.2, 0) is 5.54 Å². The Hall–Kier alpha value is -3.28. The highest BCUT2D eigenvalue weighted by Crippen LogP contribution is 2.39. The fourth-order valence-electron chi connectivity index (χ4n) is 2.62. The molecule has 0 radical (unpaired) electrons. The van der Waals surface area contributed by atoms with E-state index >= 15 is 0 Å². The molecule has 31 heavy (non-hydrogen) atoms. The topological polar surface area (TPSA) is 101 Å². The summed E-state index contributed by atoms with van der Waals surface area (Å²) >= 11 is -0.564. The summed E-state index contributed by atoms with van der Waals surface area (Å²) in [4.78, 5) is 38.5.